The topological polar surface area (TPSA) is 63.7 Å². The quantitative estimate of drug-likeness (QED) is 0.463. The Kier molecular flexibility index (Phi) is 4.19. The van der Waals surface area contributed by atoms with E-state index < -0.39 is 5.97 Å². The fourth-order valence-electron chi connectivity index (χ4n) is 4.22. The molecule has 4 unspecified atom stereocenters. The molecule has 6 heteroatoms. The van der Waals surface area contributed by atoms with Gasteiger partial charge in [0.1, 0.15) is 6.61 Å². The van der Waals surface area contributed by atoms with Crippen molar-refractivity contribution in [1.82, 2.24) is 0 Å². The van der Waals surface area contributed by atoms with Gasteiger partial charge in [-0.15, -0.1) is 0 Å². The lowest BCUT2D eigenvalue weighted by Crippen LogP contribution is -2.32. The molecule has 5 nitrogen and oxygen atoms in total. The number of carbonyl (C=O) groups is 3. The van der Waals surface area contributed by atoms with Gasteiger partial charge >= 0.3 is 5.97 Å². The maximum Gasteiger partial charge on any atom is 0.338 e. The van der Waals surface area contributed by atoms with E-state index in [0.717, 1.165) is 6.42 Å². The summed E-state index contributed by atoms with van der Waals surface area (Å²) in [6.45, 7) is 1.80. The lowest BCUT2D eigenvalue weighted by molar-refractivity contribution is -0.123. The molecule has 4 atom stereocenters. The number of hydrogen-bond donors (Lipinski definition) is 0. The first-order chi connectivity index (χ1) is 12.5. The molecule has 0 spiro atoms. The first-order valence-electron chi connectivity index (χ1n) is 8.63. The monoisotopic (exact) mass is 371 g/mol. The Bertz CT molecular complexity index is 808. The zero-order valence-corrected chi connectivity index (χ0v) is 15.0. The third-order valence-corrected chi connectivity index (χ3v) is 5.56. The van der Waals surface area contributed by atoms with Crippen LogP contribution in [-0.2, 0) is 14.3 Å². The zero-order chi connectivity index (χ0) is 18.4. The standard InChI is InChI=1S/C20H18ClNO4/c1-11(21)8-9-26-20(25)12-4-6-15(7-5-12)22-18(23)16-13-2-3-14(10-13)17(16)19(22)24/h2-8,13-14,16-17H,9-10H2,1H3. The van der Waals surface area contributed by atoms with Crippen molar-refractivity contribution < 1.29 is 19.1 Å². The van der Waals surface area contributed by atoms with Crippen LogP contribution in [0.25, 0.3) is 0 Å². The van der Waals surface area contributed by atoms with Crippen LogP contribution in [0.15, 0.2) is 47.5 Å². The normalized spacial score (nSPS) is 29.5. The summed E-state index contributed by atoms with van der Waals surface area (Å²) >= 11 is 5.69. The average molecular weight is 372 g/mol. The summed E-state index contributed by atoms with van der Waals surface area (Å²) in [6.07, 6.45) is 6.63. The number of allylic oxidation sites excluding steroid dienone is 3. The molecule has 26 heavy (non-hydrogen) atoms. The van der Waals surface area contributed by atoms with Crippen LogP contribution in [0.3, 0.4) is 0 Å². The van der Waals surface area contributed by atoms with Crippen LogP contribution in [0.5, 0.6) is 0 Å². The summed E-state index contributed by atoms with van der Waals surface area (Å²) in [5.74, 6) is -0.840. The van der Waals surface area contributed by atoms with E-state index in [1.54, 1.807) is 37.3 Å². The Labute approximate surface area is 156 Å². The number of hydrogen-bond acceptors (Lipinski definition) is 4. The minimum atomic E-state index is -0.482. The first-order valence-corrected chi connectivity index (χ1v) is 9.01. The third-order valence-electron chi connectivity index (χ3n) is 5.41. The molecule has 4 rings (SSSR count). The Hall–Kier alpha value is -2.40. The molecular formula is C20H18ClNO4. The number of nitrogens with zero attached hydrogens (tertiary/aromatic N) is 1. The van der Waals surface area contributed by atoms with Crippen LogP contribution in [0.1, 0.15) is 23.7 Å². The van der Waals surface area contributed by atoms with Gasteiger partial charge in [0.15, 0.2) is 0 Å². The summed E-state index contributed by atoms with van der Waals surface area (Å²) in [6, 6.07) is 6.36. The fourth-order valence-corrected chi connectivity index (χ4v) is 4.28. The van der Waals surface area contributed by atoms with Crippen molar-refractivity contribution in [3.8, 4) is 0 Å². The SMILES string of the molecule is CC(Cl)=CCOC(=O)c1ccc(N2C(=O)C3C4C=CC(C4)C3C2=O)cc1. The van der Waals surface area contributed by atoms with Gasteiger partial charge < -0.3 is 4.74 Å². The van der Waals surface area contributed by atoms with E-state index in [-0.39, 0.29) is 42.1 Å². The van der Waals surface area contributed by atoms with Gasteiger partial charge in [0.25, 0.3) is 0 Å². The number of carbonyl (C=O) groups excluding carboxylic acids is 3. The molecule has 1 aromatic rings. The second-order valence-electron chi connectivity index (χ2n) is 6.95. The molecule has 2 aliphatic carbocycles. The van der Waals surface area contributed by atoms with Gasteiger partial charge in [-0.3, -0.25) is 14.5 Å². The van der Waals surface area contributed by atoms with E-state index in [4.69, 9.17) is 16.3 Å². The molecular weight excluding hydrogens is 354 g/mol. The molecule has 0 N–H and O–H groups in total. The second kappa shape index (κ2) is 6.40. The lowest BCUT2D eigenvalue weighted by Gasteiger charge is -2.17. The van der Waals surface area contributed by atoms with Crippen LogP contribution in [0.4, 0.5) is 5.69 Å². The fraction of sp³-hybridized carbons (Fsp3) is 0.350. The highest BCUT2D eigenvalue weighted by Crippen LogP contribution is 2.53. The van der Waals surface area contributed by atoms with Crippen LogP contribution in [0, 0.1) is 23.7 Å². The minimum absolute atomic E-state index is 0.0954. The van der Waals surface area contributed by atoms with Gasteiger partial charge in [-0.05, 0) is 55.5 Å². The summed E-state index contributed by atoms with van der Waals surface area (Å²) in [5.41, 5.74) is 0.859. The molecule has 2 fully saturated rings. The van der Waals surface area contributed by atoms with Crippen LogP contribution in [-0.4, -0.2) is 24.4 Å². The molecule has 2 bridgehead atoms. The van der Waals surface area contributed by atoms with Crippen LogP contribution < -0.4 is 4.90 Å². The van der Waals surface area contributed by atoms with Crippen molar-refractivity contribution in [2.24, 2.45) is 23.7 Å². The molecule has 134 valence electrons. The van der Waals surface area contributed by atoms with E-state index in [1.807, 2.05) is 0 Å². The van der Waals surface area contributed by atoms with Crippen LogP contribution >= 0.6 is 11.6 Å². The first kappa shape index (κ1) is 17.0. The molecule has 3 aliphatic rings. The number of fused-ring (bicyclic) bond motifs is 5. The molecule has 0 aromatic heterocycles. The number of ether oxygens (including phenoxy) is 1. The molecule has 1 aliphatic heterocycles. The Morgan fingerprint density at radius 3 is 2.27 bits per heavy atom. The van der Waals surface area contributed by atoms with Gasteiger partial charge in [-0.25, -0.2) is 4.79 Å². The van der Waals surface area contributed by atoms with Gasteiger partial charge in [0.05, 0.1) is 23.1 Å². The predicted molar refractivity (Wildman–Crippen MR) is 96.5 cm³/mol. The van der Waals surface area contributed by atoms with E-state index in [0.29, 0.717) is 16.3 Å². The van der Waals surface area contributed by atoms with Crippen molar-refractivity contribution in [2.45, 2.75) is 13.3 Å². The van der Waals surface area contributed by atoms with E-state index in [2.05, 4.69) is 12.2 Å². The molecule has 1 aromatic carbocycles. The number of rotatable bonds is 4. The van der Waals surface area contributed by atoms with E-state index in [9.17, 15) is 14.4 Å². The highest BCUT2D eigenvalue weighted by molar-refractivity contribution is 6.29. The van der Waals surface area contributed by atoms with Gasteiger partial charge in [0, 0.05) is 5.03 Å². The second-order valence-corrected chi connectivity index (χ2v) is 7.54. The van der Waals surface area contributed by atoms with Crippen molar-refractivity contribution in [3.05, 3.63) is 53.1 Å². The average Bonchev–Trinajstić information content (AvgIpc) is 3.29. The predicted octanol–water partition coefficient (Wildman–Crippen LogP) is 3.30. The van der Waals surface area contributed by atoms with Crippen molar-refractivity contribution in [3.63, 3.8) is 0 Å². The molecule has 1 heterocycles. The number of benzene rings is 1. The van der Waals surface area contributed by atoms with Crippen molar-refractivity contribution in [2.75, 3.05) is 11.5 Å². The minimum Gasteiger partial charge on any atom is -0.458 e. The van der Waals surface area contributed by atoms with Crippen LogP contribution in [0.2, 0.25) is 0 Å². The molecule has 1 saturated heterocycles. The van der Waals surface area contributed by atoms with Gasteiger partial charge in [-0.2, -0.15) is 0 Å². The summed E-state index contributed by atoms with van der Waals surface area (Å²) in [5, 5.41) is 0.549. The number of amides is 2. The zero-order valence-electron chi connectivity index (χ0n) is 14.2. The smallest absolute Gasteiger partial charge is 0.338 e. The number of halogens is 1. The molecule has 2 amide bonds. The number of imide groups is 1. The molecule has 0 radical (unpaired) electrons. The summed E-state index contributed by atoms with van der Waals surface area (Å²) in [7, 11) is 0. The maximum absolute atomic E-state index is 12.8. The Morgan fingerprint density at radius 1 is 1.15 bits per heavy atom. The highest BCUT2D eigenvalue weighted by Gasteiger charge is 2.59. The van der Waals surface area contributed by atoms with Crippen molar-refractivity contribution in [1.29, 1.82) is 0 Å². The van der Waals surface area contributed by atoms with E-state index >= 15 is 0 Å². The largest absolute Gasteiger partial charge is 0.458 e. The van der Waals surface area contributed by atoms with Crippen molar-refractivity contribution >= 4 is 35.1 Å². The lowest BCUT2D eigenvalue weighted by atomic mass is 9.85. The number of anilines is 1. The van der Waals surface area contributed by atoms with E-state index in [1.165, 1.54) is 4.90 Å². The summed E-state index contributed by atoms with van der Waals surface area (Å²) in [4.78, 5) is 38.8. The third kappa shape index (κ3) is 2.67. The summed E-state index contributed by atoms with van der Waals surface area (Å²) < 4.78 is 5.09. The maximum atomic E-state index is 12.8. The number of esters is 1. The van der Waals surface area contributed by atoms with Gasteiger partial charge in [0.2, 0.25) is 11.8 Å². The van der Waals surface area contributed by atoms with Gasteiger partial charge in [-0.1, -0.05) is 23.8 Å². The molecule has 1 saturated carbocycles. The Morgan fingerprint density at radius 2 is 1.73 bits per heavy atom. The Balaban J connectivity index is 1.49. The highest BCUT2D eigenvalue weighted by atomic mass is 35.5.